The highest BCUT2D eigenvalue weighted by Gasteiger charge is 2.19. The zero-order valence-electron chi connectivity index (χ0n) is 21.9. The van der Waals surface area contributed by atoms with E-state index in [0.717, 1.165) is 64.0 Å². The minimum Gasteiger partial charge on any atom is -0.345 e. The second-order valence-corrected chi connectivity index (χ2v) is 10.5. The van der Waals surface area contributed by atoms with Crippen LogP contribution in [0.2, 0.25) is 0 Å². The van der Waals surface area contributed by atoms with E-state index in [-0.39, 0.29) is 5.56 Å². The van der Waals surface area contributed by atoms with E-state index in [0.29, 0.717) is 17.6 Å². The predicted molar refractivity (Wildman–Crippen MR) is 155 cm³/mol. The van der Waals surface area contributed by atoms with Crippen LogP contribution in [0.3, 0.4) is 0 Å². The van der Waals surface area contributed by atoms with Gasteiger partial charge in [-0.2, -0.15) is 0 Å². The van der Waals surface area contributed by atoms with Crippen LogP contribution in [0.15, 0.2) is 71.8 Å². The summed E-state index contributed by atoms with van der Waals surface area (Å²) in [6.07, 6.45) is 9.26. The molecular formula is C31H31N7O. The summed E-state index contributed by atoms with van der Waals surface area (Å²) in [6, 6.07) is 18.1. The molecule has 8 nitrogen and oxygen atoms in total. The van der Waals surface area contributed by atoms with Gasteiger partial charge in [-0.3, -0.25) is 4.79 Å². The lowest BCUT2D eigenvalue weighted by Crippen LogP contribution is -2.31. The quantitative estimate of drug-likeness (QED) is 0.300. The first-order valence-electron chi connectivity index (χ1n) is 13.8. The molecule has 0 atom stereocenters. The van der Waals surface area contributed by atoms with E-state index in [1.165, 1.54) is 32.4 Å². The topological polar surface area (TPSA) is 95.5 Å². The Balaban J connectivity index is 1.32. The van der Waals surface area contributed by atoms with Crippen LogP contribution in [0.5, 0.6) is 0 Å². The van der Waals surface area contributed by atoms with Crippen LogP contribution in [0.25, 0.3) is 44.5 Å². The summed E-state index contributed by atoms with van der Waals surface area (Å²) >= 11 is 0. The highest BCUT2D eigenvalue weighted by atomic mass is 16.1. The van der Waals surface area contributed by atoms with Crippen molar-refractivity contribution in [3.05, 3.63) is 88.6 Å². The number of rotatable bonds is 7. The molecule has 7 rings (SSSR count). The summed E-state index contributed by atoms with van der Waals surface area (Å²) in [7, 11) is 0. The van der Waals surface area contributed by atoms with E-state index in [9.17, 15) is 4.79 Å². The molecule has 6 aromatic rings. The Morgan fingerprint density at radius 2 is 1.77 bits per heavy atom. The van der Waals surface area contributed by atoms with Gasteiger partial charge in [0.05, 0.1) is 22.1 Å². The summed E-state index contributed by atoms with van der Waals surface area (Å²) in [4.78, 5) is 36.3. The summed E-state index contributed by atoms with van der Waals surface area (Å²) in [6.45, 7) is 4.31. The number of nitrogens with zero attached hydrogens (tertiary/aromatic N) is 5. The summed E-state index contributed by atoms with van der Waals surface area (Å²) in [5.74, 6) is 0.907. The number of benzene rings is 2. The normalized spacial score (nSPS) is 14.6. The van der Waals surface area contributed by atoms with Crippen molar-refractivity contribution in [3.8, 4) is 11.4 Å². The average molecular weight is 518 g/mol. The van der Waals surface area contributed by atoms with Crippen molar-refractivity contribution < 1.29 is 0 Å². The first-order valence-corrected chi connectivity index (χ1v) is 13.8. The number of piperidine rings is 1. The Bertz CT molecular complexity index is 1830. The molecule has 196 valence electrons. The van der Waals surface area contributed by atoms with Crippen LogP contribution in [-0.2, 0) is 13.0 Å². The van der Waals surface area contributed by atoms with Gasteiger partial charge in [-0.1, -0.05) is 36.8 Å². The molecule has 5 heterocycles. The molecule has 4 aromatic heterocycles. The zero-order chi connectivity index (χ0) is 26.2. The SMILES string of the molecule is O=c1[nH]c2cc3nc(-c4c[nH]c5ncccc45)n(CCCN4CCCCC4)c3cc2nc1Cc1ccccc1. The number of H-pyrrole nitrogens is 2. The minimum absolute atomic E-state index is 0.158. The Labute approximate surface area is 225 Å². The second kappa shape index (κ2) is 10.1. The number of likely N-dealkylation sites (tertiary alicyclic amines) is 1. The molecule has 0 bridgehead atoms. The van der Waals surface area contributed by atoms with Crippen molar-refractivity contribution in [3.63, 3.8) is 0 Å². The molecule has 2 N–H and O–H groups in total. The third-order valence-corrected chi connectivity index (χ3v) is 7.84. The highest BCUT2D eigenvalue weighted by Crippen LogP contribution is 2.32. The lowest BCUT2D eigenvalue weighted by Gasteiger charge is -2.26. The maximum atomic E-state index is 12.9. The van der Waals surface area contributed by atoms with E-state index in [2.05, 4.69) is 36.6 Å². The molecule has 0 unspecified atom stereocenters. The van der Waals surface area contributed by atoms with Crippen LogP contribution >= 0.6 is 0 Å². The number of fused-ring (bicyclic) bond motifs is 3. The van der Waals surface area contributed by atoms with E-state index in [4.69, 9.17) is 9.97 Å². The van der Waals surface area contributed by atoms with E-state index in [1.54, 1.807) is 6.20 Å². The molecule has 0 radical (unpaired) electrons. The Hall–Kier alpha value is -4.30. The summed E-state index contributed by atoms with van der Waals surface area (Å²) < 4.78 is 2.32. The molecule has 1 aliphatic rings. The number of hydrogen-bond donors (Lipinski definition) is 2. The van der Waals surface area contributed by atoms with Crippen molar-refractivity contribution in [1.29, 1.82) is 0 Å². The minimum atomic E-state index is -0.158. The molecule has 2 aromatic carbocycles. The summed E-state index contributed by atoms with van der Waals surface area (Å²) in [5.41, 5.74) is 6.66. The standard InChI is InChI=1S/C31H31N7O/c39-31-27(17-21-9-3-1-4-10-21)34-25-19-28-26(18-24(25)36-31)35-30(23-20-33-29-22(23)11-7-12-32-29)38(28)16-8-15-37-13-5-2-6-14-37/h1,3-4,7,9-12,18-20H,2,5-6,8,13-17H2,(H,32,33)(H,36,39). The molecule has 0 amide bonds. The van der Waals surface area contributed by atoms with Gasteiger partial charge >= 0.3 is 0 Å². The van der Waals surface area contributed by atoms with Crippen molar-refractivity contribution >= 4 is 33.1 Å². The number of aromatic nitrogens is 6. The van der Waals surface area contributed by atoms with E-state index < -0.39 is 0 Å². The average Bonchev–Trinajstić information content (AvgIpc) is 3.54. The molecular weight excluding hydrogens is 486 g/mol. The lowest BCUT2D eigenvalue weighted by atomic mass is 10.1. The predicted octanol–water partition coefficient (Wildman–Crippen LogP) is 5.28. The number of imidazole rings is 1. The molecule has 0 saturated carbocycles. The van der Waals surface area contributed by atoms with Crippen LogP contribution in [0, 0.1) is 0 Å². The highest BCUT2D eigenvalue weighted by molar-refractivity contribution is 5.97. The Morgan fingerprint density at radius 3 is 2.64 bits per heavy atom. The first-order chi connectivity index (χ1) is 19.2. The fourth-order valence-electron chi connectivity index (χ4n) is 5.86. The van der Waals surface area contributed by atoms with Gasteiger partial charge in [-0.25, -0.2) is 15.0 Å². The third-order valence-electron chi connectivity index (χ3n) is 7.84. The fourth-order valence-corrected chi connectivity index (χ4v) is 5.86. The number of nitrogens with one attached hydrogen (secondary N) is 2. The van der Waals surface area contributed by atoms with Gasteiger partial charge in [-0.15, -0.1) is 0 Å². The molecule has 0 aliphatic carbocycles. The maximum Gasteiger partial charge on any atom is 0.270 e. The van der Waals surface area contributed by atoms with Gasteiger partial charge in [0.15, 0.2) is 0 Å². The Morgan fingerprint density at radius 1 is 0.897 bits per heavy atom. The van der Waals surface area contributed by atoms with E-state index >= 15 is 0 Å². The van der Waals surface area contributed by atoms with Crippen molar-refractivity contribution in [2.75, 3.05) is 19.6 Å². The Kier molecular flexibility index (Phi) is 6.17. The number of pyridine rings is 1. The second-order valence-electron chi connectivity index (χ2n) is 10.5. The van der Waals surface area contributed by atoms with Crippen molar-refractivity contribution in [2.45, 2.75) is 38.6 Å². The summed E-state index contributed by atoms with van der Waals surface area (Å²) in [5, 5.41) is 1.05. The monoisotopic (exact) mass is 517 g/mol. The zero-order valence-corrected chi connectivity index (χ0v) is 21.9. The smallest absolute Gasteiger partial charge is 0.270 e. The molecule has 1 aliphatic heterocycles. The third kappa shape index (κ3) is 4.61. The largest absolute Gasteiger partial charge is 0.345 e. The molecule has 39 heavy (non-hydrogen) atoms. The molecule has 1 fully saturated rings. The van der Waals surface area contributed by atoms with Gasteiger partial charge in [0.25, 0.3) is 5.56 Å². The van der Waals surface area contributed by atoms with Gasteiger partial charge in [0.1, 0.15) is 17.2 Å². The van der Waals surface area contributed by atoms with Crippen molar-refractivity contribution in [2.24, 2.45) is 0 Å². The first kappa shape index (κ1) is 23.8. The van der Waals surface area contributed by atoms with Gasteiger partial charge in [0, 0.05) is 36.3 Å². The number of aromatic amines is 2. The molecule has 1 saturated heterocycles. The van der Waals surface area contributed by atoms with E-state index in [1.807, 2.05) is 48.7 Å². The van der Waals surface area contributed by atoms with Crippen LogP contribution < -0.4 is 5.56 Å². The van der Waals surface area contributed by atoms with Crippen LogP contribution in [0.1, 0.15) is 36.9 Å². The lowest BCUT2D eigenvalue weighted by molar-refractivity contribution is 0.223. The fraction of sp³-hybridized carbons (Fsp3) is 0.290. The molecule has 0 spiro atoms. The number of hydrogen-bond acceptors (Lipinski definition) is 5. The van der Waals surface area contributed by atoms with Gasteiger partial charge < -0.3 is 19.4 Å². The maximum absolute atomic E-state index is 12.9. The number of aryl methyl sites for hydroxylation is 1. The van der Waals surface area contributed by atoms with Crippen LogP contribution in [0.4, 0.5) is 0 Å². The molecule has 8 heteroatoms. The van der Waals surface area contributed by atoms with Crippen molar-refractivity contribution in [1.82, 2.24) is 34.4 Å². The van der Waals surface area contributed by atoms with Gasteiger partial charge in [-0.05, 0) is 68.7 Å². The van der Waals surface area contributed by atoms with Crippen LogP contribution in [-0.4, -0.2) is 54.0 Å². The van der Waals surface area contributed by atoms with Gasteiger partial charge in [0.2, 0.25) is 0 Å².